The first-order valence-corrected chi connectivity index (χ1v) is 9.47. The molecule has 144 valence electrons. The summed E-state index contributed by atoms with van der Waals surface area (Å²) in [5.41, 5.74) is 3.05. The molecule has 0 aliphatic carbocycles. The summed E-state index contributed by atoms with van der Waals surface area (Å²) in [4.78, 5) is 27.8. The summed E-state index contributed by atoms with van der Waals surface area (Å²) in [6, 6.07) is 7.34. The Morgan fingerprint density at radius 2 is 2.04 bits per heavy atom. The molecule has 1 aliphatic rings. The van der Waals surface area contributed by atoms with Crippen molar-refractivity contribution in [1.29, 1.82) is 0 Å². The SMILES string of the molecule is CCn1nc(C)cc1C(=O)N1CCC[C@H](C(=O)c2ccc(OC)cc2C)C1. The summed E-state index contributed by atoms with van der Waals surface area (Å²) < 4.78 is 6.96. The average Bonchev–Trinajstić information content (AvgIpc) is 3.07. The van der Waals surface area contributed by atoms with Gasteiger partial charge in [-0.25, -0.2) is 0 Å². The lowest BCUT2D eigenvalue weighted by Gasteiger charge is -2.32. The van der Waals surface area contributed by atoms with E-state index in [1.165, 1.54) is 0 Å². The molecule has 1 fully saturated rings. The highest BCUT2D eigenvalue weighted by Gasteiger charge is 2.31. The summed E-state index contributed by atoms with van der Waals surface area (Å²) in [6.45, 7) is 7.56. The number of likely N-dealkylation sites (tertiary alicyclic amines) is 1. The number of hydrogen-bond acceptors (Lipinski definition) is 4. The van der Waals surface area contributed by atoms with E-state index in [2.05, 4.69) is 5.10 Å². The lowest BCUT2D eigenvalue weighted by Crippen LogP contribution is -2.43. The third-order valence-corrected chi connectivity index (χ3v) is 5.20. The van der Waals surface area contributed by atoms with E-state index in [9.17, 15) is 9.59 Å². The molecule has 3 rings (SSSR count). The van der Waals surface area contributed by atoms with Crippen molar-refractivity contribution in [1.82, 2.24) is 14.7 Å². The summed E-state index contributed by atoms with van der Waals surface area (Å²) in [5.74, 6) is 0.635. The number of methoxy groups -OCH3 is 1. The molecule has 1 amide bonds. The number of carbonyl (C=O) groups is 2. The maximum atomic E-state index is 13.1. The molecule has 6 heteroatoms. The molecule has 1 aromatic carbocycles. The van der Waals surface area contributed by atoms with Crippen LogP contribution in [0.4, 0.5) is 0 Å². The van der Waals surface area contributed by atoms with E-state index in [1.807, 2.05) is 45.0 Å². The van der Waals surface area contributed by atoms with Gasteiger partial charge in [-0.05, 0) is 63.4 Å². The van der Waals surface area contributed by atoms with E-state index in [0.717, 1.165) is 29.8 Å². The number of ether oxygens (including phenoxy) is 1. The third kappa shape index (κ3) is 3.89. The molecule has 0 saturated carbocycles. The Balaban J connectivity index is 1.77. The van der Waals surface area contributed by atoms with Crippen LogP contribution >= 0.6 is 0 Å². The van der Waals surface area contributed by atoms with Crippen molar-refractivity contribution < 1.29 is 14.3 Å². The number of ketones is 1. The molecule has 1 aromatic heterocycles. The summed E-state index contributed by atoms with van der Waals surface area (Å²) in [7, 11) is 1.61. The first-order valence-electron chi connectivity index (χ1n) is 9.47. The standard InChI is InChI=1S/C21H27N3O3/c1-5-24-19(12-15(3)22-24)21(26)23-10-6-7-16(13-23)20(25)18-9-8-17(27-4)11-14(18)2/h8-9,11-12,16H,5-7,10,13H2,1-4H3/t16-/m0/s1. The van der Waals surface area contributed by atoms with Crippen LogP contribution in [-0.4, -0.2) is 46.6 Å². The van der Waals surface area contributed by atoms with E-state index in [4.69, 9.17) is 4.74 Å². The molecule has 1 atom stereocenters. The molecule has 0 N–H and O–H groups in total. The Labute approximate surface area is 160 Å². The Hall–Kier alpha value is -2.63. The number of aromatic nitrogens is 2. The smallest absolute Gasteiger partial charge is 0.272 e. The zero-order chi connectivity index (χ0) is 19.6. The van der Waals surface area contributed by atoms with Gasteiger partial charge in [0.05, 0.1) is 12.8 Å². The van der Waals surface area contributed by atoms with E-state index in [-0.39, 0.29) is 17.6 Å². The van der Waals surface area contributed by atoms with Crippen molar-refractivity contribution >= 4 is 11.7 Å². The van der Waals surface area contributed by atoms with E-state index in [1.54, 1.807) is 16.7 Å². The molecule has 0 unspecified atom stereocenters. The van der Waals surface area contributed by atoms with Gasteiger partial charge in [-0.3, -0.25) is 14.3 Å². The molecule has 2 heterocycles. The van der Waals surface area contributed by atoms with Crippen LogP contribution in [0.5, 0.6) is 5.75 Å². The van der Waals surface area contributed by atoms with Crippen LogP contribution in [0.3, 0.4) is 0 Å². The Morgan fingerprint density at radius 1 is 1.26 bits per heavy atom. The number of hydrogen-bond donors (Lipinski definition) is 0. The van der Waals surface area contributed by atoms with Gasteiger partial charge >= 0.3 is 0 Å². The number of benzene rings is 1. The fraction of sp³-hybridized carbons (Fsp3) is 0.476. The zero-order valence-corrected chi connectivity index (χ0v) is 16.5. The van der Waals surface area contributed by atoms with Crippen molar-refractivity contribution in [3.8, 4) is 5.75 Å². The predicted octanol–water partition coefficient (Wildman–Crippen LogP) is 3.26. The highest BCUT2D eigenvalue weighted by Crippen LogP contribution is 2.25. The number of aryl methyl sites for hydroxylation is 3. The van der Waals surface area contributed by atoms with Crippen LogP contribution < -0.4 is 4.74 Å². The molecule has 2 aromatic rings. The second-order valence-corrected chi connectivity index (χ2v) is 7.12. The molecule has 27 heavy (non-hydrogen) atoms. The highest BCUT2D eigenvalue weighted by molar-refractivity contribution is 6.00. The Morgan fingerprint density at radius 3 is 2.70 bits per heavy atom. The maximum Gasteiger partial charge on any atom is 0.272 e. The minimum atomic E-state index is -0.172. The van der Waals surface area contributed by atoms with Crippen LogP contribution in [0.25, 0.3) is 0 Å². The monoisotopic (exact) mass is 369 g/mol. The molecule has 0 radical (unpaired) electrons. The molecular weight excluding hydrogens is 342 g/mol. The number of nitrogens with zero attached hydrogens (tertiary/aromatic N) is 3. The van der Waals surface area contributed by atoms with Crippen LogP contribution in [0, 0.1) is 19.8 Å². The van der Waals surface area contributed by atoms with Gasteiger partial charge in [-0.2, -0.15) is 5.10 Å². The second-order valence-electron chi connectivity index (χ2n) is 7.12. The quantitative estimate of drug-likeness (QED) is 0.759. The third-order valence-electron chi connectivity index (χ3n) is 5.20. The van der Waals surface area contributed by atoms with Gasteiger partial charge in [0.15, 0.2) is 5.78 Å². The van der Waals surface area contributed by atoms with Crippen LogP contribution in [0.2, 0.25) is 0 Å². The topological polar surface area (TPSA) is 64.4 Å². The van der Waals surface area contributed by atoms with Gasteiger partial charge in [0.2, 0.25) is 0 Å². The predicted molar refractivity (Wildman–Crippen MR) is 103 cm³/mol. The lowest BCUT2D eigenvalue weighted by atomic mass is 9.88. The van der Waals surface area contributed by atoms with Gasteiger partial charge in [0.25, 0.3) is 5.91 Å². The normalized spacial score (nSPS) is 17.0. The van der Waals surface area contributed by atoms with Gasteiger partial charge < -0.3 is 9.64 Å². The van der Waals surface area contributed by atoms with E-state index < -0.39 is 0 Å². The second kappa shape index (κ2) is 7.94. The van der Waals surface area contributed by atoms with Crippen LogP contribution in [-0.2, 0) is 6.54 Å². The summed E-state index contributed by atoms with van der Waals surface area (Å²) in [5, 5.41) is 4.37. The molecular formula is C21H27N3O3. The van der Waals surface area contributed by atoms with Crippen molar-refractivity contribution in [3.05, 3.63) is 46.8 Å². The van der Waals surface area contributed by atoms with E-state index >= 15 is 0 Å². The molecule has 0 bridgehead atoms. The molecule has 1 aliphatic heterocycles. The minimum Gasteiger partial charge on any atom is -0.497 e. The Bertz CT molecular complexity index is 856. The van der Waals surface area contributed by atoms with Crippen molar-refractivity contribution in [2.24, 2.45) is 5.92 Å². The minimum absolute atomic E-state index is 0.0404. The fourth-order valence-corrected chi connectivity index (χ4v) is 3.76. The van der Waals surface area contributed by atoms with Gasteiger partial charge in [-0.1, -0.05) is 0 Å². The number of amides is 1. The van der Waals surface area contributed by atoms with Crippen molar-refractivity contribution in [2.75, 3.05) is 20.2 Å². The van der Waals surface area contributed by atoms with Gasteiger partial charge in [0, 0.05) is 31.1 Å². The fourth-order valence-electron chi connectivity index (χ4n) is 3.76. The maximum absolute atomic E-state index is 13.1. The number of rotatable bonds is 5. The summed E-state index contributed by atoms with van der Waals surface area (Å²) in [6.07, 6.45) is 1.64. The van der Waals surface area contributed by atoms with Gasteiger partial charge in [0.1, 0.15) is 11.4 Å². The first-order chi connectivity index (χ1) is 12.9. The van der Waals surface area contributed by atoms with Crippen LogP contribution in [0.15, 0.2) is 24.3 Å². The van der Waals surface area contributed by atoms with E-state index in [0.29, 0.717) is 30.9 Å². The summed E-state index contributed by atoms with van der Waals surface area (Å²) >= 11 is 0. The van der Waals surface area contributed by atoms with Crippen molar-refractivity contribution in [2.45, 2.75) is 40.2 Å². The number of Topliss-reactive ketones (excluding diaryl/α,β-unsaturated/α-hetero) is 1. The van der Waals surface area contributed by atoms with Gasteiger partial charge in [-0.15, -0.1) is 0 Å². The first kappa shape index (κ1) is 19.1. The van der Waals surface area contributed by atoms with Crippen molar-refractivity contribution in [3.63, 3.8) is 0 Å². The molecule has 6 nitrogen and oxygen atoms in total. The zero-order valence-electron chi connectivity index (χ0n) is 16.5. The number of piperidine rings is 1. The molecule has 0 spiro atoms. The molecule has 1 saturated heterocycles. The Kier molecular flexibility index (Phi) is 5.63. The van der Waals surface area contributed by atoms with Crippen LogP contribution in [0.1, 0.15) is 51.9 Å². The number of carbonyl (C=O) groups excluding carboxylic acids is 2. The lowest BCUT2D eigenvalue weighted by molar-refractivity contribution is 0.0627. The highest BCUT2D eigenvalue weighted by atomic mass is 16.5. The average molecular weight is 369 g/mol. The largest absolute Gasteiger partial charge is 0.497 e.